The van der Waals surface area contributed by atoms with Crippen LogP contribution in [-0.2, 0) is 14.3 Å². The molecule has 0 aliphatic carbocycles. The molecule has 4 nitrogen and oxygen atoms in total. The zero-order valence-electron chi connectivity index (χ0n) is 8.38. The molecule has 0 aromatic carbocycles. The summed E-state index contributed by atoms with van der Waals surface area (Å²) >= 11 is 16.1. The summed E-state index contributed by atoms with van der Waals surface area (Å²) < 4.78 is 2.23. The van der Waals surface area contributed by atoms with Crippen LogP contribution in [0.25, 0.3) is 0 Å². The van der Waals surface area contributed by atoms with Crippen LogP contribution < -0.4 is 0 Å². The number of ether oxygens (including phenoxy) is 1. The van der Waals surface area contributed by atoms with Gasteiger partial charge in [-0.3, -0.25) is 4.79 Å². The third-order valence-electron chi connectivity index (χ3n) is 1.29. The van der Waals surface area contributed by atoms with Gasteiger partial charge in [-0.05, 0) is 0 Å². The number of hydrogen-bond acceptors (Lipinski definition) is 4. The maximum absolute atomic E-state index is 11.5. The van der Waals surface area contributed by atoms with E-state index in [4.69, 9.17) is 34.8 Å². The zero-order valence-corrected chi connectivity index (χ0v) is 10.7. The van der Waals surface area contributed by atoms with Gasteiger partial charge in [0.25, 0.3) is 3.79 Å². The number of Topliss-reactive ketones (excluding diaryl/α,β-unsaturated/α-hetero) is 1. The fourth-order valence-electron chi connectivity index (χ4n) is 0.725. The Balaban J connectivity index is 5.14. The van der Waals surface area contributed by atoms with E-state index < -0.39 is 15.5 Å². The topological polar surface area (TPSA) is 46.6 Å². The lowest BCUT2D eigenvalue weighted by Gasteiger charge is -2.13. The lowest BCUT2D eigenvalue weighted by atomic mass is 10.2. The first-order valence-electron chi connectivity index (χ1n) is 3.78. The molecule has 0 atom stereocenters. The van der Waals surface area contributed by atoms with E-state index in [-0.39, 0.29) is 5.57 Å². The summed E-state index contributed by atoms with van der Waals surface area (Å²) in [6.45, 7) is 0. The van der Waals surface area contributed by atoms with Gasteiger partial charge in [0.2, 0.25) is 5.78 Å². The molecule has 0 bridgehead atoms. The van der Waals surface area contributed by atoms with E-state index in [1.807, 2.05) is 0 Å². The minimum absolute atomic E-state index is 0.317. The summed E-state index contributed by atoms with van der Waals surface area (Å²) in [6, 6.07) is 0. The van der Waals surface area contributed by atoms with Crippen molar-refractivity contribution in [2.75, 3.05) is 21.2 Å². The number of methoxy groups -OCH3 is 1. The Hall–Kier alpha value is -0.450. The first-order chi connectivity index (χ1) is 6.70. The molecular formula is C8H10Cl3NO3. The molecule has 0 aliphatic rings. The molecule has 0 fully saturated rings. The van der Waals surface area contributed by atoms with Gasteiger partial charge in [-0.15, -0.1) is 0 Å². The molecule has 0 unspecified atom stereocenters. The van der Waals surface area contributed by atoms with Gasteiger partial charge >= 0.3 is 5.97 Å². The van der Waals surface area contributed by atoms with E-state index in [2.05, 4.69) is 4.74 Å². The largest absolute Gasteiger partial charge is 0.465 e. The second-order valence-corrected chi connectivity index (χ2v) is 5.11. The lowest BCUT2D eigenvalue weighted by molar-refractivity contribution is -0.137. The molecule has 0 spiro atoms. The monoisotopic (exact) mass is 273 g/mol. The molecule has 0 rings (SSSR count). The number of esters is 1. The van der Waals surface area contributed by atoms with Crippen LogP contribution in [0.3, 0.4) is 0 Å². The zero-order chi connectivity index (χ0) is 12.2. The fraction of sp³-hybridized carbons (Fsp3) is 0.500. The van der Waals surface area contributed by atoms with Crippen LogP contribution in [-0.4, -0.2) is 41.7 Å². The van der Waals surface area contributed by atoms with Crippen LogP contribution in [0.1, 0.15) is 0 Å². The molecule has 0 aromatic rings. The molecule has 0 saturated carbocycles. The maximum Gasteiger partial charge on any atom is 0.343 e. The molecule has 0 N–H and O–H groups in total. The normalized spacial score (nSPS) is 12.3. The Labute approximate surface area is 103 Å². The van der Waals surface area contributed by atoms with Crippen molar-refractivity contribution in [3.8, 4) is 0 Å². The van der Waals surface area contributed by atoms with Crippen LogP contribution in [0.5, 0.6) is 0 Å². The number of hydrogen-bond donors (Lipinski definition) is 0. The van der Waals surface area contributed by atoms with Crippen molar-refractivity contribution < 1.29 is 14.3 Å². The minimum Gasteiger partial charge on any atom is -0.465 e. The summed E-state index contributed by atoms with van der Waals surface area (Å²) in [4.78, 5) is 24.2. The van der Waals surface area contributed by atoms with E-state index in [1.165, 1.54) is 11.1 Å². The van der Waals surface area contributed by atoms with Crippen LogP contribution in [0.15, 0.2) is 11.8 Å². The van der Waals surface area contributed by atoms with E-state index in [1.54, 1.807) is 14.1 Å². The summed E-state index contributed by atoms with van der Waals surface area (Å²) in [6.07, 6.45) is 1.23. The van der Waals surface area contributed by atoms with E-state index in [0.717, 1.165) is 7.11 Å². The van der Waals surface area contributed by atoms with Crippen molar-refractivity contribution in [1.82, 2.24) is 4.90 Å². The summed E-state index contributed by atoms with van der Waals surface area (Å²) in [5.74, 6) is -1.77. The number of nitrogens with zero attached hydrogens (tertiary/aromatic N) is 1. The average molecular weight is 275 g/mol. The van der Waals surface area contributed by atoms with Crippen molar-refractivity contribution in [3.05, 3.63) is 11.8 Å². The van der Waals surface area contributed by atoms with E-state index >= 15 is 0 Å². The molecular weight excluding hydrogens is 264 g/mol. The fourth-order valence-corrected chi connectivity index (χ4v) is 1.03. The SMILES string of the molecule is COC(=O)C(=CN(C)C)C(=O)C(Cl)(Cl)Cl. The smallest absolute Gasteiger partial charge is 0.343 e. The molecule has 7 heteroatoms. The molecule has 0 heterocycles. The highest BCUT2D eigenvalue weighted by Crippen LogP contribution is 2.30. The average Bonchev–Trinajstić information content (AvgIpc) is 2.10. The summed E-state index contributed by atoms with van der Waals surface area (Å²) in [7, 11) is 4.38. The van der Waals surface area contributed by atoms with Crippen molar-refractivity contribution in [2.24, 2.45) is 0 Å². The third-order valence-corrected chi connectivity index (χ3v) is 1.81. The number of carbonyl (C=O) groups excluding carboxylic acids is 2. The quantitative estimate of drug-likeness (QED) is 0.257. The van der Waals surface area contributed by atoms with Crippen LogP contribution in [0, 0.1) is 0 Å². The molecule has 0 saturated heterocycles. The number of halogens is 3. The third kappa shape index (κ3) is 4.73. The van der Waals surface area contributed by atoms with E-state index in [0.29, 0.717) is 0 Å². The molecule has 0 radical (unpaired) electrons. The Morgan fingerprint density at radius 1 is 1.27 bits per heavy atom. The highest BCUT2D eigenvalue weighted by atomic mass is 35.6. The Kier molecular flexibility index (Phi) is 5.42. The number of rotatable bonds is 3. The van der Waals surface area contributed by atoms with Gasteiger partial charge in [-0.1, -0.05) is 34.8 Å². The minimum atomic E-state index is -2.17. The van der Waals surface area contributed by atoms with Gasteiger partial charge in [0.1, 0.15) is 5.57 Å². The molecule has 0 aromatic heterocycles. The highest BCUT2D eigenvalue weighted by molar-refractivity contribution is 6.78. The van der Waals surface area contributed by atoms with Crippen molar-refractivity contribution in [3.63, 3.8) is 0 Å². The molecule has 0 aliphatic heterocycles. The van der Waals surface area contributed by atoms with Crippen molar-refractivity contribution >= 4 is 46.6 Å². The summed E-state index contributed by atoms with van der Waals surface area (Å²) in [5, 5.41) is 0. The summed E-state index contributed by atoms with van der Waals surface area (Å²) in [5.41, 5.74) is -0.317. The van der Waals surface area contributed by atoms with Gasteiger partial charge < -0.3 is 9.64 Å². The van der Waals surface area contributed by atoms with Gasteiger partial charge in [0.15, 0.2) is 0 Å². The molecule has 0 amide bonds. The van der Waals surface area contributed by atoms with Crippen LogP contribution in [0.4, 0.5) is 0 Å². The Morgan fingerprint density at radius 2 is 1.73 bits per heavy atom. The Bertz CT molecular complexity index is 294. The molecule has 86 valence electrons. The number of ketones is 1. The number of carbonyl (C=O) groups is 2. The highest BCUT2D eigenvalue weighted by Gasteiger charge is 2.36. The van der Waals surface area contributed by atoms with Gasteiger partial charge in [0.05, 0.1) is 7.11 Å². The lowest BCUT2D eigenvalue weighted by Crippen LogP contribution is -2.27. The predicted molar refractivity (Wildman–Crippen MR) is 59.1 cm³/mol. The first-order valence-corrected chi connectivity index (χ1v) is 4.91. The van der Waals surface area contributed by atoms with Gasteiger partial charge in [-0.2, -0.15) is 0 Å². The maximum atomic E-state index is 11.5. The second-order valence-electron chi connectivity index (χ2n) is 2.82. The van der Waals surface area contributed by atoms with Crippen molar-refractivity contribution in [2.45, 2.75) is 3.79 Å². The van der Waals surface area contributed by atoms with Crippen LogP contribution in [0.2, 0.25) is 0 Å². The number of alkyl halides is 3. The van der Waals surface area contributed by atoms with Crippen LogP contribution >= 0.6 is 34.8 Å². The predicted octanol–water partition coefficient (Wildman–Crippen LogP) is 1.54. The molecule has 15 heavy (non-hydrogen) atoms. The van der Waals surface area contributed by atoms with E-state index in [9.17, 15) is 9.59 Å². The van der Waals surface area contributed by atoms with Gasteiger partial charge in [-0.25, -0.2) is 4.79 Å². The second kappa shape index (κ2) is 5.58. The van der Waals surface area contributed by atoms with Crippen molar-refractivity contribution in [1.29, 1.82) is 0 Å². The van der Waals surface area contributed by atoms with Gasteiger partial charge in [0, 0.05) is 20.3 Å². The standard InChI is InChI=1S/C8H10Cl3NO3/c1-12(2)4-5(7(14)15-3)6(13)8(9,10)11/h4H,1-3H3. The first kappa shape index (κ1) is 14.6. The Morgan fingerprint density at radius 3 is 2.00 bits per heavy atom.